The number of carbonyl (C=O) groups is 1. The molecule has 1 amide bonds. The lowest BCUT2D eigenvalue weighted by atomic mass is 9.92. The van der Waals surface area contributed by atoms with E-state index in [2.05, 4.69) is 10.5 Å². The summed E-state index contributed by atoms with van der Waals surface area (Å²) >= 11 is 0. The van der Waals surface area contributed by atoms with Gasteiger partial charge in [0, 0.05) is 23.6 Å². The summed E-state index contributed by atoms with van der Waals surface area (Å²) in [5.41, 5.74) is 2.18. The van der Waals surface area contributed by atoms with E-state index in [1.54, 1.807) is 12.1 Å². The smallest absolute Gasteiger partial charge is 0.251 e. The topological polar surface area (TPSA) is 75.4 Å². The zero-order chi connectivity index (χ0) is 13.9. The fourth-order valence-corrected chi connectivity index (χ4v) is 2.57. The van der Waals surface area contributed by atoms with Crippen molar-refractivity contribution in [1.82, 2.24) is 10.5 Å². The fraction of sp³-hybridized carbons (Fsp3) is 0.333. The number of aryl methyl sites for hydroxylation is 1. The molecule has 3 rings (SSSR count). The first-order valence-corrected chi connectivity index (χ1v) is 6.71. The van der Waals surface area contributed by atoms with Crippen LogP contribution in [-0.4, -0.2) is 22.2 Å². The van der Waals surface area contributed by atoms with Gasteiger partial charge in [-0.1, -0.05) is 23.4 Å². The molecule has 2 N–H and O–H groups in total. The van der Waals surface area contributed by atoms with E-state index in [1.807, 2.05) is 18.2 Å². The van der Waals surface area contributed by atoms with E-state index in [0.717, 1.165) is 24.2 Å². The van der Waals surface area contributed by atoms with Gasteiger partial charge in [-0.15, -0.1) is 0 Å². The van der Waals surface area contributed by atoms with Crippen molar-refractivity contribution in [3.05, 3.63) is 52.9 Å². The number of nitrogens with zero attached hydrogens (tertiary/aromatic N) is 1. The summed E-state index contributed by atoms with van der Waals surface area (Å²) < 4.78 is 5.19. The molecule has 0 bridgehead atoms. The van der Waals surface area contributed by atoms with Crippen LogP contribution in [0, 0.1) is 0 Å². The molecule has 1 aromatic carbocycles. The lowest BCUT2D eigenvalue weighted by molar-refractivity contribution is 0.0932. The first kappa shape index (κ1) is 12.9. The van der Waals surface area contributed by atoms with Gasteiger partial charge in [0.2, 0.25) is 0 Å². The van der Waals surface area contributed by atoms with Gasteiger partial charge in [-0.25, -0.2) is 0 Å². The third kappa shape index (κ3) is 2.44. The van der Waals surface area contributed by atoms with Gasteiger partial charge < -0.3 is 14.9 Å². The quantitative estimate of drug-likeness (QED) is 0.887. The Morgan fingerprint density at radius 3 is 2.95 bits per heavy atom. The molecule has 1 aromatic heterocycles. The first-order chi connectivity index (χ1) is 9.78. The summed E-state index contributed by atoms with van der Waals surface area (Å²) in [5, 5.41) is 16.1. The van der Waals surface area contributed by atoms with Crippen LogP contribution in [0.4, 0.5) is 0 Å². The number of aliphatic hydroxyl groups excluding tert-OH is 1. The molecule has 1 aliphatic rings. The van der Waals surface area contributed by atoms with Crippen LogP contribution in [0.5, 0.6) is 0 Å². The van der Waals surface area contributed by atoms with Gasteiger partial charge in [-0.2, -0.15) is 0 Å². The maximum Gasteiger partial charge on any atom is 0.251 e. The molecule has 0 spiro atoms. The Labute approximate surface area is 116 Å². The molecule has 1 unspecified atom stereocenters. The molecular formula is C15H16N2O3. The Kier molecular flexibility index (Phi) is 3.52. The van der Waals surface area contributed by atoms with Crippen LogP contribution in [0.25, 0.3) is 0 Å². The summed E-state index contributed by atoms with van der Waals surface area (Å²) in [6, 6.07) is 9.22. The van der Waals surface area contributed by atoms with Gasteiger partial charge in [0.25, 0.3) is 5.91 Å². The number of carbonyl (C=O) groups excluding carboxylic acids is 1. The Morgan fingerprint density at radius 1 is 1.40 bits per heavy atom. The van der Waals surface area contributed by atoms with Crippen molar-refractivity contribution < 1.29 is 14.4 Å². The fourth-order valence-electron chi connectivity index (χ4n) is 2.57. The second-order valence-electron chi connectivity index (χ2n) is 4.97. The molecule has 0 saturated carbocycles. The van der Waals surface area contributed by atoms with Crippen LogP contribution in [0.3, 0.4) is 0 Å². The number of hydrogen-bond donors (Lipinski definition) is 2. The Balaban J connectivity index is 1.70. The molecule has 104 valence electrons. The highest BCUT2D eigenvalue weighted by atomic mass is 16.5. The van der Waals surface area contributed by atoms with E-state index in [-0.39, 0.29) is 18.6 Å². The number of nitrogens with one attached hydrogen (secondary N) is 1. The van der Waals surface area contributed by atoms with E-state index in [0.29, 0.717) is 17.7 Å². The van der Waals surface area contributed by atoms with E-state index >= 15 is 0 Å². The molecule has 20 heavy (non-hydrogen) atoms. The van der Waals surface area contributed by atoms with Gasteiger partial charge in [-0.05, 0) is 25.0 Å². The van der Waals surface area contributed by atoms with Crippen molar-refractivity contribution in [2.24, 2.45) is 0 Å². The van der Waals surface area contributed by atoms with E-state index in [9.17, 15) is 9.90 Å². The number of amides is 1. The summed E-state index contributed by atoms with van der Waals surface area (Å²) in [6.07, 6.45) is 2.22. The van der Waals surface area contributed by atoms with Gasteiger partial charge >= 0.3 is 0 Å². The lowest BCUT2D eigenvalue weighted by Gasteiger charge is -2.22. The lowest BCUT2D eigenvalue weighted by Crippen LogP contribution is -2.38. The van der Waals surface area contributed by atoms with Gasteiger partial charge in [-0.3, -0.25) is 4.79 Å². The third-order valence-electron chi connectivity index (χ3n) is 3.64. The first-order valence-electron chi connectivity index (χ1n) is 6.71. The van der Waals surface area contributed by atoms with Crippen LogP contribution in [-0.2, 0) is 19.4 Å². The van der Waals surface area contributed by atoms with Crippen LogP contribution in [0.15, 0.2) is 34.9 Å². The maximum atomic E-state index is 12.1. The molecule has 5 heteroatoms. The molecule has 1 heterocycles. The molecule has 0 fully saturated rings. The molecule has 1 atom stereocenters. The minimum atomic E-state index is -0.127. The standard InChI is InChI=1S/C15H16N2O3/c18-9-13-12-8-11(6-7-14(12)20-17-13)16-15(19)10-4-2-1-3-5-10/h1-5,11,18H,6-9H2,(H,16,19). The summed E-state index contributed by atoms with van der Waals surface area (Å²) in [7, 11) is 0. The van der Waals surface area contributed by atoms with Crippen molar-refractivity contribution in [1.29, 1.82) is 0 Å². The minimum Gasteiger partial charge on any atom is -0.390 e. The van der Waals surface area contributed by atoms with Crippen molar-refractivity contribution in [3.63, 3.8) is 0 Å². The molecule has 0 radical (unpaired) electrons. The van der Waals surface area contributed by atoms with Crippen LogP contribution < -0.4 is 5.32 Å². The van der Waals surface area contributed by atoms with Gasteiger partial charge in [0.1, 0.15) is 11.5 Å². The van der Waals surface area contributed by atoms with Crippen LogP contribution >= 0.6 is 0 Å². The van der Waals surface area contributed by atoms with Crippen molar-refractivity contribution in [2.75, 3.05) is 0 Å². The van der Waals surface area contributed by atoms with Crippen molar-refractivity contribution >= 4 is 5.91 Å². The molecule has 1 aliphatic carbocycles. The molecule has 2 aromatic rings. The van der Waals surface area contributed by atoms with Crippen molar-refractivity contribution in [3.8, 4) is 0 Å². The largest absolute Gasteiger partial charge is 0.390 e. The molecule has 0 saturated heterocycles. The Bertz CT molecular complexity index is 593. The number of aliphatic hydroxyl groups is 1. The molecular weight excluding hydrogens is 256 g/mol. The predicted octanol–water partition coefficient (Wildman–Crippen LogP) is 1.45. The van der Waals surface area contributed by atoms with E-state index in [4.69, 9.17) is 4.52 Å². The number of hydrogen-bond acceptors (Lipinski definition) is 4. The number of aromatic nitrogens is 1. The van der Waals surface area contributed by atoms with Crippen LogP contribution in [0.1, 0.15) is 33.8 Å². The highest BCUT2D eigenvalue weighted by Gasteiger charge is 2.26. The molecule has 0 aliphatic heterocycles. The van der Waals surface area contributed by atoms with E-state index < -0.39 is 0 Å². The summed E-state index contributed by atoms with van der Waals surface area (Å²) in [6.45, 7) is -0.127. The SMILES string of the molecule is O=C(NC1CCc2onc(CO)c2C1)c1ccccc1. The second-order valence-corrected chi connectivity index (χ2v) is 4.97. The van der Waals surface area contributed by atoms with Crippen molar-refractivity contribution in [2.45, 2.75) is 31.9 Å². The van der Waals surface area contributed by atoms with Gasteiger partial charge in [0.05, 0.1) is 6.61 Å². The predicted molar refractivity (Wildman–Crippen MR) is 72.1 cm³/mol. The normalized spacial score (nSPS) is 17.6. The minimum absolute atomic E-state index is 0.0555. The number of rotatable bonds is 3. The number of benzene rings is 1. The average Bonchev–Trinajstić information content (AvgIpc) is 2.90. The Morgan fingerprint density at radius 2 is 2.20 bits per heavy atom. The zero-order valence-corrected chi connectivity index (χ0v) is 11.0. The monoisotopic (exact) mass is 272 g/mol. The van der Waals surface area contributed by atoms with Crippen LogP contribution in [0.2, 0.25) is 0 Å². The maximum absolute atomic E-state index is 12.1. The highest BCUT2D eigenvalue weighted by molar-refractivity contribution is 5.94. The highest BCUT2D eigenvalue weighted by Crippen LogP contribution is 2.24. The molecule has 5 nitrogen and oxygen atoms in total. The Hall–Kier alpha value is -2.14. The third-order valence-corrected chi connectivity index (χ3v) is 3.64. The zero-order valence-electron chi connectivity index (χ0n) is 11.0. The number of fused-ring (bicyclic) bond motifs is 1. The second kappa shape index (κ2) is 5.46. The average molecular weight is 272 g/mol. The summed E-state index contributed by atoms with van der Waals surface area (Å²) in [4.78, 5) is 12.1. The summed E-state index contributed by atoms with van der Waals surface area (Å²) in [5.74, 6) is 0.764. The van der Waals surface area contributed by atoms with Gasteiger partial charge in [0.15, 0.2) is 0 Å². The van der Waals surface area contributed by atoms with E-state index in [1.165, 1.54) is 0 Å².